The lowest BCUT2D eigenvalue weighted by atomic mass is 10.2. The van der Waals surface area contributed by atoms with Crippen molar-refractivity contribution in [2.45, 2.75) is 32.9 Å². The topological polar surface area (TPSA) is 88.5 Å². The fraction of sp³-hybridized carbons (Fsp3) is 0.500. The summed E-state index contributed by atoms with van der Waals surface area (Å²) in [4.78, 5) is 24.8. The third-order valence-corrected chi connectivity index (χ3v) is 4.59. The van der Waals surface area contributed by atoms with Crippen LogP contribution in [0.1, 0.15) is 26.5 Å². The molecule has 2 aromatic heterocycles. The minimum Gasteiger partial charge on any atom is -0.444 e. The number of nitrogens with two attached hydrogens (primary N) is 1. The van der Waals surface area contributed by atoms with Crippen molar-refractivity contribution in [2.75, 3.05) is 26.2 Å². The van der Waals surface area contributed by atoms with Crippen molar-refractivity contribution in [3.63, 3.8) is 0 Å². The van der Waals surface area contributed by atoms with Gasteiger partial charge >= 0.3 is 6.09 Å². The molecule has 1 amide bonds. The Balaban J connectivity index is 0.00000280. The maximum atomic E-state index is 12.1. The highest BCUT2D eigenvalue weighted by Gasteiger charge is 2.26. The molecule has 2 aromatic rings. The van der Waals surface area contributed by atoms with Gasteiger partial charge in [-0.1, -0.05) is 0 Å². The van der Waals surface area contributed by atoms with Crippen LogP contribution in [0, 0.1) is 0 Å². The van der Waals surface area contributed by atoms with Gasteiger partial charge in [0.25, 0.3) is 0 Å². The number of rotatable bonds is 2. The molecule has 0 bridgehead atoms. The molecule has 0 atom stereocenters. The molecule has 0 spiro atoms. The Morgan fingerprint density at radius 2 is 1.86 bits per heavy atom. The Morgan fingerprint density at radius 1 is 1.21 bits per heavy atom. The van der Waals surface area contributed by atoms with Crippen LogP contribution in [0.4, 0.5) is 4.79 Å². The largest absolute Gasteiger partial charge is 0.444 e. The van der Waals surface area contributed by atoms with E-state index in [4.69, 9.17) is 10.5 Å². The average Bonchev–Trinajstić information content (AvgIpc) is 3.00. The van der Waals surface area contributed by atoms with E-state index in [0.29, 0.717) is 38.7 Å². The van der Waals surface area contributed by atoms with Gasteiger partial charge in [0, 0.05) is 43.0 Å². The lowest BCUT2D eigenvalue weighted by molar-refractivity contribution is 0.0186. The summed E-state index contributed by atoms with van der Waals surface area (Å²) in [7, 11) is 0. The summed E-state index contributed by atoms with van der Waals surface area (Å²) in [6.07, 6.45) is 3.61. The molecule has 0 aliphatic carbocycles. The number of piperazine rings is 1. The van der Waals surface area contributed by atoms with Crippen molar-refractivity contribution in [1.82, 2.24) is 19.2 Å². The Morgan fingerprint density at radius 3 is 2.50 bits per heavy atom. The first-order chi connectivity index (χ1) is 12.7. The maximum absolute atomic E-state index is 12.1. The molecule has 0 saturated carbocycles. The molecule has 8 nitrogen and oxygen atoms in total. The highest BCUT2D eigenvalue weighted by atomic mass is 127. The molecular formula is C18H26BrIN6O2. The SMILES string of the molecule is CC(C)(C)OC(=O)N1CCN(C(N)=NCc2cn3cc(Br)ccc3n2)CC1.I. The van der Waals surface area contributed by atoms with Gasteiger partial charge in [0.1, 0.15) is 11.2 Å². The van der Waals surface area contributed by atoms with E-state index in [9.17, 15) is 4.79 Å². The number of pyridine rings is 1. The van der Waals surface area contributed by atoms with Crippen molar-refractivity contribution in [2.24, 2.45) is 10.7 Å². The molecule has 0 unspecified atom stereocenters. The number of guanidine groups is 1. The van der Waals surface area contributed by atoms with Crippen LogP contribution in [0.3, 0.4) is 0 Å². The predicted molar refractivity (Wildman–Crippen MR) is 123 cm³/mol. The number of ether oxygens (including phenoxy) is 1. The second kappa shape index (κ2) is 9.29. The molecule has 1 aliphatic rings. The summed E-state index contributed by atoms with van der Waals surface area (Å²) < 4.78 is 8.35. The van der Waals surface area contributed by atoms with Crippen molar-refractivity contribution < 1.29 is 9.53 Å². The van der Waals surface area contributed by atoms with Crippen molar-refractivity contribution in [3.8, 4) is 0 Å². The molecule has 1 aliphatic heterocycles. The maximum Gasteiger partial charge on any atom is 0.410 e. The summed E-state index contributed by atoms with van der Waals surface area (Å²) in [5.74, 6) is 0.470. The molecular weight excluding hydrogens is 539 g/mol. The number of carbonyl (C=O) groups is 1. The zero-order valence-electron chi connectivity index (χ0n) is 16.3. The van der Waals surface area contributed by atoms with Crippen LogP contribution >= 0.6 is 39.9 Å². The van der Waals surface area contributed by atoms with Gasteiger partial charge in [-0.25, -0.2) is 14.8 Å². The fourth-order valence-corrected chi connectivity index (χ4v) is 3.15. The van der Waals surface area contributed by atoms with Gasteiger partial charge < -0.3 is 24.7 Å². The van der Waals surface area contributed by atoms with Crippen molar-refractivity contribution in [3.05, 3.63) is 34.7 Å². The fourth-order valence-electron chi connectivity index (χ4n) is 2.80. The lowest BCUT2D eigenvalue weighted by Crippen LogP contribution is -2.53. The van der Waals surface area contributed by atoms with Crippen LogP contribution in [0.2, 0.25) is 0 Å². The standard InChI is InChI=1S/C18H25BrN6O2.HI/c1-18(2,3)27-17(26)24-8-6-23(7-9-24)16(20)21-10-14-12-25-11-13(19)4-5-15(25)22-14;/h4-5,11-12H,6-10H2,1-3H3,(H2,20,21);1H. The van der Waals surface area contributed by atoms with Crippen molar-refractivity contribution >= 4 is 57.6 Å². The molecule has 3 heterocycles. The van der Waals surface area contributed by atoms with Crippen LogP contribution in [0.25, 0.3) is 5.65 Å². The van der Waals surface area contributed by atoms with E-state index in [1.54, 1.807) is 4.90 Å². The van der Waals surface area contributed by atoms with E-state index in [-0.39, 0.29) is 30.1 Å². The van der Waals surface area contributed by atoms with Gasteiger partial charge in [-0.15, -0.1) is 24.0 Å². The minimum absolute atomic E-state index is 0. The number of aliphatic imine (C=N–C) groups is 1. The third-order valence-electron chi connectivity index (χ3n) is 4.12. The van der Waals surface area contributed by atoms with E-state index in [2.05, 4.69) is 25.9 Å². The molecule has 28 heavy (non-hydrogen) atoms. The predicted octanol–water partition coefficient (Wildman–Crippen LogP) is 3.08. The first-order valence-electron chi connectivity index (χ1n) is 8.87. The Hall–Kier alpha value is -1.56. The summed E-state index contributed by atoms with van der Waals surface area (Å²) in [5, 5.41) is 0. The quantitative estimate of drug-likeness (QED) is 0.344. The van der Waals surface area contributed by atoms with Crippen molar-refractivity contribution in [1.29, 1.82) is 0 Å². The summed E-state index contributed by atoms with van der Waals surface area (Å²) in [6.45, 7) is 8.40. The zero-order chi connectivity index (χ0) is 19.6. The van der Waals surface area contributed by atoms with E-state index in [1.165, 1.54) is 0 Å². The van der Waals surface area contributed by atoms with Crippen LogP contribution < -0.4 is 5.73 Å². The first kappa shape index (κ1) is 22.7. The van der Waals surface area contributed by atoms with Gasteiger partial charge in [-0.05, 0) is 48.8 Å². The second-order valence-corrected chi connectivity index (χ2v) is 8.39. The van der Waals surface area contributed by atoms with Crippen LogP contribution in [0.15, 0.2) is 34.0 Å². The number of amides is 1. The van der Waals surface area contributed by atoms with Crippen LogP contribution in [-0.4, -0.2) is 63.0 Å². The number of fused-ring (bicyclic) bond motifs is 1. The normalized spacial score (nSPS) is 15.5. The van der Waals surface area contributed by atoms with Gasteiger partial charge in [0.05, 0.1) is 12.2 Å². The molecule has 0 radical (unpaired) electrons. The number of halogens is 2. The molecule has 2 N–H and O–H groups in total. The van der Waals surface area contributed by atoms with Gasteiger partial charge in [-0.3, -0.25) is 0 Å². The van der Waals surface area contributed by atoms with Gasteiger partial charge in [-0.2, -0.15) is 0 Å². The number of carbonyl (C=O) groups excluding carboxylic acids is 1. The summed E-state index contributed by atoms with van der Waals surface area (Å²) >= 11 is 3.45. The number of hydrogen-bond acceptors (Lipinski definition) is 4. The molecule has 1 saturated heterocycles. The van der Waals surface area contributed by atoms with E-state index >= 15 is 0 Å². The van der Waals surface area contributed by atoms with Crippen LogP contribution in [-0.2, 0) is 11.3 Å². The van der Waals surface area contributed by atoms with E-state index < -0.39 is 5.60 Å². The monoisotopic (exact) mass is 564 g/mol. The third kappa shape index (κ3) is 5.97. The number of nitrogens with zero attached hydrogens (tertiary/aromatic N) is 5. The molecule has 10 heteroatoms. The second-order valence-electron chi connectivity index (χ2n) is 7.47. The van der Waals surface area contributed by atoms with Crippen LogP contribution in [0.5, 0.6) is 0 Å². The Bertz CT molecular complexity index is 855. The minimum atomic E-state index is -0.488. The molecule has 0 aromatic carbocycles. The van der Waals surface area contributed by atoms with Gasteiger partial charge in [0.2, 0.25) is 0 Å². The van der Waals surface area contributed by atoms with E-state index in [0.717, 1.165) is 15.8 Å². The number of hydrogen-bond donors (Lipinski definition) is 1. The van der Waals surface area contributed by atoms with Gasteiger partial charge in [0.15, 0.2) is 5.96 Å². The molecule has 1 fully saturated rings. The number of imidazole rings is 1. The smallest absolute Gasteiger partial charge is 0.410 e. The lowest BCUT2D eigenvalue weighted by Gasteiger charge is -2.36. The average molecular weight is 565 g/mol. The summed E-state index contributed by atoms with van der Waals surface area (Å²) in [6, 6.07) is 3.89. The Labute approximate surface area is 190 Å². The summed E-state index contributed by atoms with van der Waals surface area (Å²) in [5.41, 5.74) is 7.37. The number of aromatic nitrogens is 2. The zero-order valence-corrected chi connectivity index (χ0v) is 20.2. The molecule has 3 rings (SSSR count). The first-order valence-corrected chi connectivity index (χ1v) is 9.66. The molecule has 154 valence electrons. The van der Waals surface area contributed by atoms with E-state index in [1.807, 2.05) is 54.6 Å². The Kier molecular flexibility index (Phi) is 7.54. The highest BCUT2D eigenvalue weighted by Crippen LogP contribution is 2.14. The highest BCUT2D eigenvalue weighted by molar-refractivity contribution is 14.0.